The first-order valence-corrected chi connectivity index (χ1v) is 17.4. The maximum Gasteiger partial charge on any atom is 0.338 e. The van der Waals surface area contributed by atoms with E-state index in [2.05, 4.69) is 6.92 Å². The highest BCUT2D eigenvalue weighted by Crippen LogP contribution is 2.83. The van der Waals surface area contributed by atoms with Gasteiger partial charge in [-0.3, -0.25) is 9.59 Å². The van der Waals surface area contributed by atoms with Crippen molar-refractivity contribution in [2.75, 3.05) is 20.3 Å². The Kier molecular flexibility index (Phi) is 6.67. The molecular weight excluding hydrogens is 632 g/mol. The molecule has 5 fully saturated rings. The molecule has 0 saturated heterocycles. The number of ketones is 1. The average Bonchev–Trinajstić information content (AvgIpc) is 3.98. The fourth-order valence-electron chi connectivity index (χ4n) is 12.1. The lowest BCUT2D eigenvalue weighted by molar-refractivity contribution is -0.191. The van der Waals surface area contributed by atoms with Gasteiger partial charge in [0.05, 0.1) is 18.6 Å². The van der Waals surface area contributed by atoms with Crippen LogP contribution in [0.15, 0.2) is 45.1 Å². The van der Waals surface area contributed by atoms with Crippen molar-refractivity contribution in [3.8, 4) is 0 Å². The zero-order valence-corrected chi connectivity index (χ0v) is 29.0. The van der Waals surface area contributed by atoms with Crippen molar-refractivity contribution in [1.82, 2.24) is 0 Å². The first-order chi connectivity index (χ1) is 23.0. The molecule has 1 heterocycles. The minimum Gasteiger partial charge on any atom is -0.466 e. The molecule has 7 aliphatic carbocycles. The van der Waals surface area contributed by atoms with Crippen LogP contribution in [-0.4, -0.2) is 77.5 Å². The van der Waals surface area contributed by atoms with Crippen LogP contribution in [-0.2, 0) is 42.9 Å². The Labute approximate surface area is 284 Å². The van der Waals surface area contributed by atoms with Gasteiger partial charge in [-0.2, -0.15) is 0 Å². The molecular formula is C38H44O11. The quantitative estimate of drug-likeness (QED) is 0.184. The number of aliphatic hydroxyl groups excluding tert-OH is 1. The molecule has 0 bridgehead atoms. The third kappa shape index (κ3) is 3.73. The van der Waals surface area contributed by atoms with Gasteiger partial charge < -0.3 is 29.2 Å². The molecule has 11 heteroatoms. The van der Waals surface area contributed by atoms with E-state index >= 15 is 0 Å². The Morgan fingerprint density at radius 3 is 2.35 bits per heavy atom. The molecule has 2 N–H and O–H groups in total. The summed E-state index contributed by atoms with van der Waals surface area (Å²) in [7, 11) is 1.24. The molecule has 1 aliphatic heterocycles. The van der Waals surface area contributed by atoms with E-state index in [1.54, 1.807) is 19.9 Å². The molecule has 11 nitrogen and oxygen atoms in total. The minimum atomic E-state index is -1.44. The van der Waals surface area contributed by atoms with Gasteiger partial charge in [0.15, 0.2) is 5.78 Å². The summed E-state index contributed by atoms with van der Waals surface area (Å²) in [6.07, 6.45) is 2.50. The molecule has 8 rings (SSSR count). The van der Waals surface area contributed by atoms with Gasteiger partial charge in [0.1, 0.15) is 30.5 Å². The smallest absolute Gasteiger partial charge is 0.338 e. The predicted octanol–water partition coefficient (Wildman–Crippen LogP) is 3.08. The molecule has 0 aromatic carbocycles. The number of allylic oxidation sites excluding steroid dienone is 2. The van der Waals surface area contributed by atoms with Crippen LogP contribution < -0.4 is 0 Å². The fraction of sp³-hybridized carbons (Fsp3) is 0.658. The van der Waals surface area contributed by atoms with E-state index in [-0.39, 0.29) is 60.0 Å². The maximum atomic E-state index is 14.5. The Morgan fingerprint density at radius 2 is 1.69 bits per heavy atom. The van der Waals surface area contributed by atoms with Gasteiger partial charge in [0.2, 0.25) is 0 Å². The number of Topliss-reactive ketones (excluding diaryl/α,β-unsaturated/α-hetero) is 1. The zero-order chi connectivity index (χ0) is 35.3. The number of hydrogen-bond donors (Lipinski definition) is 2. The lowest BCUT2D eigenvalue weighted by Gasteiger charge is -2.63. The number of carbonyl (C=O) groups excluding carboxylic acids is 5. The molecule has 0 aromatic rings. The van der Waals surface area contributed by atoms with Crippen molar-refractivity contribution >= 4 is 29.7 Å². The Morgan fingerprint density at radius 1 is 0.980 bits per heavy atom. The summed E-state index contributed by atoms with van der Waals surface area (Å²) in [4.78, 5) is 66.8. The van der Waals surface area contributed by atoms with E-state index < -0.39 is 75.6 Å². The van der Waals surface area contributed by atoms with Gasteiger partial charge in [-0.1, -0.05) is 25.5 Å². The number of carbonyl (C=O) groups is 5. The van der Waals surface area contributed by atoms with Crippen LogP contribution in [0.4, 0.5) is 0 Å². The topological polar surface area (TPSA) is 163 Å². The van der Waals surface area contributed by atoms with Crippen molar-refractivity contribution in [2.24, 2.45) is 52.3 Å². The molecule has 1 spiro atoms. The molecule has 5 saturated carbocycles. The average molecular weight is 677 g/mol. The molecule has 8 aliphatic rings. The van der Waals surface area contributed by atoms with Gasteiger partial charge in [-0.25, -0.2) is 14.4 Å². The number of ether oxygens (including phenoxy) is 4. The summed E-state index contributed by atoms with van der Waals surface area (Å²) in [5.74, 6) is -4.77. The standard InChI is InChI=1S/C38H44O11/c1-8-15(2)32(42)48-14-37(45)24-11-23(24)35(5)25(37)12-22-20(13-47-17(4)39)34(44)49-38(22)26(35)10-19-18-9-21(18)36(6)28(19)29(38)27(30(40)31(36)41)16(3)33(43)46-7/h8,18,21,23-26,29,31,41,45H,9-14H2,1-7H3/t18?,21?,23?,24?,25-,26+,29+,31?,35-,36-,37-,38-/m0/s1. The first kappa shape index (κ1) is 32.6. The number of fused-ring (bicyclic) bond motifs is 7. The van der Waals surface area contributed by atoms with Crippen molar-refractivity contribution in [1.29, 1.82) is 0 Å². The first-order valence-electron chi connectivity index (χ1n) is 17.4. The summed E-state index contributed by atoms with van der Waals surface area (Å²) in [6.45, 7) is 9.67. The number of methoxy groups -OCH3 is 1. The van der Waals surface area contributed by atoms with E-state index in [0.29, 0.717) is 24.0 Å². The van der Waals surface area contributed by atoms with Crippen LogP contribution in [0.3, 0.4) is 0 Å². The minimum absolute atomic E-state index is 0.0209. The lowest BCUT2D eigenvalue weighted by Crippen LogP contribution is -2.67. The largest absolute Gasteiger partial charge is 0.466 e. The van der Waals surface area contributed by atoms with E-state index in [4.69, 9.17) is 18.9 Å². The fourth-order valence-corrected chi connectivity index (χ4v) is 12.1. The number of rotatable bonds is 6. The van der Waals surface area contributed by atoms with Gasteiger partial charge in [-0.05, 0) is 86.7 Å². The second-order valence-corrected chi connectivity index (χ2v) is 16.2. The summed E-state index contributed by atoms with van der Waals surface area (Å²) in [5, 5.41) is 24.4. The van der Waals surface area contributed by atoms with Crippen molar-refractivity contribution in [3.05, 3.63) is 45.1 Å². The van der Waals surface area contributed by atoms with Gasteiger partial charge >= 0.3 is 23.9 Å². The van der Waals surface area contributed by atoms with Gasteiger partial charge in [0.25, 0.3) is 0 Å². The molecule has 262 valence electrons. The third-order valence-electron chi connectivity index (χ3n) is 14.6. The highest BCUT2D eigenvalue weighted by atomic mass is 16.6. The molecule has 0 radical (unpaired) electrons. The van der Waals surface area contributed by atoms with Crippen molar-refractivity contribution < 1.29 is 53.1 Å². The summed E-state index contributed by atoms with van der Waals surface area (Å²) < 4.78 is 23.0. The SMILES string of the molecule is CC=C(C)C(=O)OC[C@]1(O)C2CC2[C@]2(C)[C@H]3CC4=C5[C@@H](C(=C(C)C(=O)OC)C(=O)C(O)[C@@]5(C)C5CC45)[C@@]34OC(=O)C(COC(C)=O)=C4C[C@@H]21. The lowest BCUT2D eigenvalue weighted by atomic mass is 9.42. The molecule has 5 unspecified atom stereocenters. The molecule has 12 atom stereocenters. The maximum absolute atomic E-state index is 14.5. The van der Waals surface area contributed by atoms with Gasteiger partial charge in [0, 0.05) is 40.9 Å². The van der Waals surface area contributed by atoms with E-state index in [9.17, 15) is 34.2 Å². The zero-order valence-electron chi connectivity index (χ0n) is 29.0. The third-order valence-corrected chi connectivity index (χ3v) is 14.6. The summed E-state index contributed by atoms with van der Waals surface area (Å²) in [6, 6.07) is 0. The van der Waals surface area contributed by atoms with Crippen LogP contribution in [0.25, 0.3) is 0 Å². The summed E-state index contributed by atoms with van der Waals surface area (Å²) in [5.41, 5.74) is -1.10. The van der Waals surface area contributed by atoms with Gasteiger partial charge in [-0.15, -0.1) is 0 Å². The molecule has 0 amide bonds. The van der Waals surface area contributed by atoms with Crippen LogP contribution in [0.5, 0.6) is 0 Å². The van der Waals surface area contributed by atoms with Crippen LogP contribution in [0.2, 0.25) is 0 Å². The second kappa shape index (κ2) is 10.0. The van der Waals surface area contributed by atoms with E-state index in [1.165, 1.54) is 21.0 Å². The summed E-state index contributed by atoms with van der Waals surface area (Å²) >= 11 is 0. The normalized spacial score (nSPS) is 46.1. The predicted molar refractivity (Wildman–Crippen MR) is 170 cm³/mol. The van der Waals surface area contributed by atoms with E-state index in [1.807, 2.05) is 6.92 Å². The number of aliphatic hydroxyl groups is 2. The monoisotopic (exact) mass is 676 g/mol. The molecule has 0 aromatic heterocycles. The van der Waals surface area contributed by atoms with Crippen molar-refractivity contribution in [3.63, 3.8) is 0 Å². The number of hydrogen-bond acceptors (Lipinski definition) is 11. The van der Waals surface area contributed by atoms with Crippen LogP contribution >= 0.6 is 0 Å². The highest BCUT2D eigenvalue weighted by molar-refractivity contribution is 6.09. The Hall–Kier alpha value is -3.57. The Balaban J connectivity index is 1.37. The number of esters is 4. The van der Waals surface area contributed by atoms with Crippen LogP contribution in [0.1, 0.15) is 67.2 Å². The van der Waals surface area contributed by atoms with E-state index in [0.717, 1.165) is 17.6 Å². The molecule has 49 heavy (non-hydrogen) atoms. The highest BCUT2D eigenvalue weighted by Gasteiger charge is 2.84. The Bertz CT molecular complexity index is 1800. The second-order valence-electron chi connectivity index (χ2n) is 16.2. The van der Waals surface area contributed by atoms with Crippen LogP contribution in [0, 0.1) is 52.3 Å². The van der Waals surface area contributed by atoms with Crippen molar-refractivity contribution in [2.45, 2.75) is 84.5 Å².